The lowest BCUT2D eigenvalue weighted by Crippen LogP contribution is -2.41. The molecule has 20 heavy (non-hydrogen) atoms. The fourth-order valence-corrected chi connectivity index (χ4v) is 2.25. The van der Waals surface area contributed by atoms with Crippen LogP contribution in [0.1, 0.15) is 46.4 Å². The van der Waals surface area contributed by atoms with E-state index >= 15 is 0 Å². The van der Waals surface area contributed by atoms with Crippen LogP contribution in [0.4, 0.5) is 11.6 Å². The van der Waals surface area contributed by atoms with Crippen molar-refractivity contribution in [2.24, 2.45) is 0 Å². The van der Waals surface area contributed by atoms with Gasteiger partial charge in [0.1, 0.15) is 17.5 Å². The third kappa shape index (κ3) is 3.60. The molecule has 2 rings (SSSR count). The maximum Gasteiger partial charge on any atom is 0.138 e. The number of hydrogen-bond acceptors (Lipinski definition) is 5. The normalized spacial score (nSPS) is 22.2. The van der Waals surface area contributed by atoms with Crippen LogP contribution in [-0.4, -0.2) is 35.8 Å². The molecule has 0 amide bonds. The van der Waals surface area contributed by atoms with Crippen molar-refractivity contribution >= 4 is 11.6 Å². The minimum absolute atomic E-state index is 0.0588. The zero-order chi connectivity index (χ0) is 14.8. The molecule has 5 nitrogen and oxygen atoms in total. The molecule has 1 saturated carbocycles. The molecule has 2 N–H and O–H groups in total. The average Bonchev–Trinajstić information content (AvgIpc) is 2.35. The molecule has 0 unspecified atom stereocenters. The van der Waals surface area contributed by atoms with E-state index < -0.39 is 0 Å². The van der Waals surface area contributed by atoms with Crippen LogP contribution in [0.15, 0.2) is 6.07 Å². The van der Waals surface area contributed by atoms with Gasteiger partial charge in [0.05, 0.1) is 6.10 Å². The number of rotatable bonds is 5. The molecule has 0 radical (unpaired) electrons. The highest BCUT2D eigenvalue weighted by Crippen LogP contribution is 2.28. The first-order chi connectivity index (χ1) is 9.42. The molecule has 0 spiro atoms. The lowest BCUT2D eigenvalue weighted by atomic mass is 9.89. The predicted octanol–water partition coefficient (Wildman–Crippen LogP) is 2.80. The second-order valence-electron chi connectivity index (χ2n) is 6.35. The summed E-state index contributed by atoms with van der Waals surface area (Å²) in [5, 5.41) is 6.59. The Morgan fingerprint density at radius 1 is 1.25 bits per heavy atom. The van der Waals surface area contributed by atoms with Gasteiger partial charge >= 0.3 is 0 Å². The highest BCUT2D eigenvalue weighted by Gasteiger charge is 2.30. The summed E-state index contributed by atoms with van der Waals surface area (Å²) in [5.74, 6) is 2.61. The number of nitrogens with one attached hydrogen (secondary N) is 2. The molecule has 0 bridgehead atoms. The molecule has 1 aliphatic rings. The van der Waals surface area contributed by atoms with E-state index in [0.717, 1.165) is 36.9 Å². The SMILES string of the molecule is CCOC1CC(Nc2cc(NC)nc(C(C)(C)C)n2)C1. The van der Waals surface area contributed by atoms with Gasteiger partial charge in [-0.2, -0.15) is 0 Å². The van der Waals surface area contributed by atoms with E-state index in [1.54, 1.807) is 0 Å². The maximum atomic E-state index is 5.58. The van der Waals surface area contributed by atoms with Gasteiger partial charge in [-0.05, 0) is 19.8 Å². The van der Waals surface area contributed by atoms with Crippen molar-refractivity contribution in [1.82, 2.24) is 9.97 Å². The largest absolute Gasteiger partial charge is 0.378 e. The Bertz CT molecular complexity index is 450. The summed E-state index contributed by atoms with van der Waals surface area (Å²) in [5.41, 5.74) is -0.0588. The van der Waals surface area contributed by atoms with Crippen molar-refractivity contribution in [2.45, 2.75) is 58.1 Å². The summed E-state index contributed by atoms with van der Waals surface area (Å²) in [7, 11) is 1.88. The first-order valence-corrected chi connectivity index (χ1v) is 7.37. The molecule has 5 heteroatoms. The van der Waals surface area contributed by atoms with E-state index in [9.17, 15) is 0 Å². The Morgan fingerprint density at radius 3 is 2.45 bits per heavy atom. The van der Waals surface area contributed by atoms with Crippen LogP contribution in [0.5, 0.6) is 0 Å². The Labute approximate surface area is 121 Å². The summed E-state index contributed by atoms with van der Waals surface area (Å²) in [6, 6.07) is 2.42. The highest BCUT2D eigenvalue weighted by atomic mass is 16.5. The molecular formula is C15H26N4O. The van der Waals surface area contributed by atoms with Gasteiger partial charge < -0.3 is 15.4 Å². The van der Waals surface area contributed by atoms with Gasteiger partial charge in [-0.3, -0.25) is 0 Å². The van der Waals surface area contributed by atoms with E-state index in [0.29, 0.717) is 12.1 Å². The number of nitrogens with zero attached hydrogens (tertiary/aromatic N) is 2. The maximum absolute atomic E-state index is 5.58. The van der Waals surface area contributed by atoms with Crippen molar-refractivity contribution in [3.63, 3.8) is 0 Å². The second kappa shape index (κ2) is 5.95. The molecule has 1 heterocycles. The van der Waals surface area contributed by atoms with Gasteiger partial charge in [-0.15, -0.1) is 0 Å². The fraction of sp³-hybridized carbons (Fsp3) is 0.733. The van der Waals surface area contributed by atoms with Crippen molar-refractivity contribution in [3.05, 3.63) is 11.9 Å². The zero-order valence-electron chi connectivity index (χ0n) is 13.2. The van der Waals surface area contributed by atoms with Crippen molar-refractivity contribution in [2.75, 3.05) is 24.3 Å². The Hall–Kier alpha value is -1.36. The van der Waals surface area contributed by atoms with E-state index in [2.05, 4.69) is 41.4 Å². The van der Waals surface area contributed by atoms with Crippen LogP contribution in [0, 0.1) is 0 Å². The third-order valence-electron chi connectivity index (χ3n) is 3.50. The van der Waals surface area contributed by atoms with Gasteiger partial charge in [0.25, 0.3) is 0 Å². The van der Waals surface area contributed by atoms with Gasteiger partial charge in [0.15, 0.2) is 0 Å². The Balaban J connectivity index is 2.05. The predicted molar refractivity (Wildman–Crippen MR) is 82.3 cm³/mol. The summed E-state index contributed by atoms with van der Waals surface area (Å²) >= 11 is 0. The summed E-state index contributed by atoms with van der Waals surface area (Å²) in [6.45, 7) is 9.21. The molecule has 0 aliphatic heterocycles. The van der Waals surface area contributed by atoms with Gasteiger partial charge in [0.2, 0.25) is 0 Å². The quantitative estimate of drug-likeness (QED) is 0.867. The molecule has 1 aromatic rings. The second-order valence-corrected chi connectivity index (χ2v) is 6.35. The standard InChI is InChI=1S/C15H26N4O/c1-6-20-11-7-10(8-11)17-13-9-12(16-5)18-14(19-13)15(2,3)4/h9-11H,6-8H2,1-5H3,(H2,16,17,18,19). The summed E-state index contributed by atoms with van der Waals surface area (Å²) in [6.07, 6.45) is 2.51. The minimum atomic E-state index is -0.0588. The van der Waals surface area contributed by atoms with Crippen molar-refractivity contribution < 1.29 is 4.74 Å². The first-order valence-electron chi connectivity index (χ1n) is 7.37. The van der Waals surface area contributed by atoms with E-state index in [-0.39, 0.29) is 5.41 Å². The minimum Gasteiger partial charge on any atom is -0.378 e. The lowest BCUT2D eigenvalue weighted by Gasteiger charge is -2.35. The van der Waals surface area contributed by atoms with Crippen LogP contribution in [-0.2, 0) is 10.2 Å². The van der Waals surface area contributed by atoms with E-state index in [1.807, 2.05) is 20.0 Å². The summed E-state index contributed by atoms with van der Waals surface area (Å²) < 4.78 is 5.58. The van der Waals surface area contributed by atoms with Crippen LogP contribution < -0.4 is 10.6 Å². The van der Waals surface area contributed by atoms with E-state index in [4.69, 9.17) is 4.74 Å². The van der Waals surface area contributed by atoms with E-state index in [1.165, 1.54) is 0 Å². The molecule has 1 aromatic heterocycles. The van der Waals surface area contributed by atoms with Gasteiger partial charge in [0, 0.05) is 31.2 Å². The van der Waals surface area contributed by atoms with Crippen LogP contribution in [0.25, 0.3) is 0 Å². The summed E-state index contributed by atoms with van der Waals surface area (Å²) in [4.78, 5) is 9.17. The van der Waals surface area contributed by atoms with Crippen LogP contribution >= 0.6 is 0 Å². The molecule has 112 valence electrons. The molecular weight excluding hydrogens is 252 g/mol. The zero-order valence-corrected chi connectivity index (χ0v) is 13.2. The van der Waals surface area contributed by atoms with Crippen molar-refractivity contribution in [1.29, 1.82) is 0 Å². The molecule has 1 aliphatic carbocycles. The van der Waals surface area contributed by atoms with Gasteiger partial charge in [-0.25, -0.2) is 9.97 Å². The van der Waals surface area contributed by atoms with Crippen molar-refractivity contribution in [3.8, 4) is 0 Å². The fourth-order valence-electron chi connectivity index (χ4n) is 2.25. The Morgan fingerprint density at radius 2 is 1.90 bits per heavy atom. The monoisotopic (exact) mass is 278 g/mol. The topological polar surface area (TPSA) is 59.1 Å². The number of hydrogen-bond donors (Lipinski definition) is 2. The number of aromatic nitrogens is 2. The molecule has 1 fully saturated rings. The smallest absolute Gasteiger partial charge is 0.138 e. The third-order valence-corrected chi connectivity index (χ3v) is 3.50. The molecule has 0 atom stereocenters. The molecule has 0 aromatic carbocycles. The molecule has 0 saturated heterocycles. The van der Waals surface area contributed by atoms with Crippen LogP contribution in [0.2, 0.25) is 0 Å². The average molecular weight is 278 g/mol. The highest BCUT2D eigenvalue weighted by molar-refractivity contribution is 5.48. The van der Waals surface area contributed by atoms with Crippen LogP contribution in [0.3, 0.4) is 0 Å². The first kappa shape index (κ1) is 15.0. The number of anilines is 2. The lowest BCUT2D eigenvalue weighted by molar-refractivity contribution is 0.00292. The number of ether oxygens (including phenoxy) is 1. The van der Waals surface area contributed by atoms with Gasteiger partial charge in [-0.1, -0.05) is 20.8 Å². The Kier molecular flexibility index (Phi) is 4.48.